The van der Waals surface area contributed by atoms with Gasteiger partial charge >= 0.3 is 0 Å². The molecule has 2 fully saturated rings. The highest BCUT2D eigenvalue weighted by atomic mass is 32.1. The Balaban J connectivity index is 0.000000123. The first kappa shape index (κ1) is 105. The normalized spacial score (nSPS) is 22.4. The van der Waals surface area contributed by atoms with Gasteiger partial charge in [-0.2, -0.15) is 15.6 Å². The summed E-state index contributed by atoms with van der Waals surface area (Å²) in [5.74, 6) is 1.50. The van der Waals surface area contributed by atoms with E-state index < -0.39 is 44.5 Å². The van der Waals surface area contributed by atoms with Crippen molar-refractivity contribution in [2.75, 3.05) is 35.2 Å². The molecule has 12 N–H and O–H groups in total. The molecule has 14 aromatic rings. The second-order valence-electron chi connectivity index (χ2n) is 40.2. The number of nitrogens with two attached hydrogens (primary N) is 6. The van der Waals surface area contributed by atoms with Crippen molar-refractivity contribution < 1.29 is 33.2 Å². The number of carbonyl (C=O) groups is 6. The van der Waals surface area contributed by atoms with E-state index in [4.69, 9.17) is 59.7 Å². The smallest absolute Gasteiger partial charge is 0.266 e. The number of hydrogen-bond acceptors (Lipinski definition) is 26. The van der Waals surface area contributed by atoms with E-state index in [2.05, 4.69) is 71.5 Å². The molecule has 9 aromatic carbocycles. The fourth-order valence-electron chi connectivity index (χ4n) is 20.3. The number of nitriles is 2. The van der Waals surface area contributed by atoms with Crippen molar-refractivity contribution in [2.45, 2.75) is 153 Å². The SMILES string of the molecule is CN1C(=O)C(C)(c2cc3ccccc3s2)N=C1N.CN1C(=O)C[C@@](C)(c2ccc3cn(CC4CCCC4)nc3c2)N=C1N.CN1C(=O)C[C@@](C)(c2cccc(-c3cncnc3)c2)N=C1N.CN1C(=O)[C@H](C2CC2)[C@@](C)(c2ccc(-c3ccc(F)c(C#N)c3)s2)N=C1N.CN1C(=O)[C@](C)(Cc2ccccc2)[C@@](C)(c2cc(-c3cccc(C#N)c3)cs2)N=C1N.Cc1cccc(CN2C(=O)C(c3ccccc3)(c3ccccc3)N=C2N)c1. The Morgan fingerprint density at radius 2 is 1.04 bits per heavy atom. The highest BCUT2D eigenvalue weighted by Gasteiger charge is 2.58. The number of guanidine groups is 6. The molecule has 0 radical (unpaired) electrons. The average Bonchev–Trinajstić information content (AvgIpc) is 0.984. The molecule has 0 saturated heterocycles. The van der Waals surface area contributed by atoms with Crippen LogP contribution in [0, 0.1) is 58.6 Å². The van der Waals surface area contributed by atoms with Crippen LogP contribution in [0.2, 0.25) is 0 Å². The number of benzene rings is 9. The van der Waals surface area contributed by atoms with Gasteiger partial charge in [0.05, 0.1) is 64.5 Å². The summed E-state index contributed by atoms with van der Waals surface area (Å²) < 4.78 is 16.9. The quantitative estimate of drug-likeness (QED) is 0.0493. The minimum Gasteiger partial charge on any atom is -0.369 e. The van der Waals surface area contributed by atoms with Crippen LogP contribution in [-0.2, 0) is 81.5 Å². The summed E-state index contributed by atoms with van der Waals surface area (Å²) in [4.78, 5) is 125. The van der Waals surface area contributed by atoms with Crippen molar-refractivity contribution in [1.29, 1.82) is 10.5 Å². The summed E-state index contributed by atoms with van der Waals surface area (Å²) in [6.07, 6.45) is 15.6. The molecule has 0 spiro atoms. The van der Waals surface area contributed by atoms with Gasteiger partial charge in [-0.05, 0) is 226 Å². The van der Waals surface area contributed by atoms with Gasteiger partial charge in [-0.1, -0.05) is 200 Å². The summed E-state index contributed by atoms with van der Waals surface area (Å²) >= 11 is 4.66. The minimum absolute atomic E-state index is 0.0102. The maximum atomic E-state index is 13.7. The number of aromatic nitrogens is 4. The molecule has 764 valence electrons. The first-order valence-corrected chi connectivity index (χ1v) is 52.0. The van der Waals surface area contributed by atoms with Crippen LogP contribution in [0.3, 0.4) is 0 Å². The third-order valence-corrected chi connectivity index (χ3v) is 33.5. The molecule has 8 aliphatic rings. The van der Waals surface area contributed by atoms with Gasteiger partial charge in [0.2, 0.25) is 23.6 Å². The summed E-state index contributed by atoms with van der Waals surface area (Å²) in [7, 11) is 8.29. The van der Waals surface area contributed by atoms with Gasteiger partial charge in [-0.25, -0.2) is 44.3 Å². The Labute approximate surface area is 882 Å². The van der Waals surface area contributed by atoms with Crippen LogP contribution in [0.1, 0.15) is 158 Å². The van der Waals surface area contributed by atoms with E-state index in [1.807, 2.05) is 255 Å². The highest BCUT2D eigenvalue weighted by molar-refractivity contribution is 7.19. The molecule has 6 aliphatic heterocycles. The fraction of sp³-hybridized carbons (Fsp3) is 0.284. The van der Waals surface area contributed by atoms with Gasteiger partial charge in [-0.15, -0.1) is 34.0 Å². The van der Waals surface area contributed by atoms with Crippen molar-refractivity contribution in [1.82, 2.24) is 49.1 Å². The van der Waals surface area contributed by atoms with Crippen molar-refractivity contribution in [3.05, 3.63) is 350 Å². The van der Waals surface area contributed by atoms with Crippen LogP contribution in [0.5, 0.6) is 0 Å². The van der Waals surface area contributed by atoms with Crippen molar-refractivity contribution in [2.24, 2.45) is 87.5 Å². The Morgan fingerprint density at radius 1 is 0.460 bits per heavy atom. The van der Waals surface area contributed by atoms with Gasteiger partial charge in [0.25, 0.3) is 11.8 Å². The van der Waals surface area contributed by atoms with E-state index in [1.54, 1.807) is 93.4 Å². The van der Waals surface area contributed by atoms with Crippen molar-refractivity contribution >= 4 is 126 Å². The summed E-state index contributed by atoms with van der Waals surface area (Å²) in [6, 6.07) is 83.5. The van der Waals surface area contributed by atoms with Crippen LogP contribution < -0.4 is 34.4 Å². The molecule has 30 nitrogen and oxygen atoms in total. The van der Waals surface area contributed by atoms with Crippen molar-refractivity contribution in [3.63, 3.8) is 0 Å². The number of fused-ring (bicyclic) bond motifs is 2. The number of hydrogen-bond donors (Lipinski definition) is 6. The topological polar surface area (TPSA) is 443 Å². The number of carbonyl (C=O) groups excluding carboxylic acids is 6. The lowest BCUT2D eigenvalue weighted by molar-refractivity contribution is -0.142. The van der Waals surface area contributed by atoms with Gasteiger partial charge in [-0.3, -0.25) is 62.8 Å². The third-order valence-electron chi connectivity index (χ3n) is 29.7. The Kier molecular flexibility index (Phi) is 29.8. The van der Waals surface area contributed by atoms with Crippen molar-refractivity contribution in [3.8, 4) is 44.8 Å². The van der Waals surface area contributed by atoms with E-state index >= 15 is 0 Å². The van der Waals surface area contributed by atoms with E-state index in [0.29, 0.717) is 37.3 Å². The molecule has 150 heavy (non-hydrogen) atoms. The first-order chi connectivity index (χ1) is 71.7. The standard InChI is InChI=1S/C25H24N4OS.C23H21N3O.C20H19FN4OS.C19H25N5O.C16H17N5O.C13H13N3OS/c1-24(14-17-8-5-4-6-9-17)22(30)29(3)23(27)28-25(24,2)21-13-20(16-31-21)19-11-7-10-18(12-19)15-26;1-17-9-8-10-18(15-17)16-26-21(27)23(25-22(26)24,19-11-4-2-5-12-19)20-13-6-3-7-14-20;1-20(17(11-3-4-11)18(26)25(2)19(23)24-20)16-8-7-15(27-16)12-5-6-14(21)13(9-12)10-22;1-19(10-17(25)23(2)18(20)21-19)15-8-7-14-12-24(22-16(14)9-15)11-13-5-3-4-6-13;1-16(7-14(22)21(2)15(17)20-16)13-5-3-4-11(6-13)12-8-18-10-19-9-12;1-13(11(17)16(2)12(14)15-13)10-7-8-5-3-4-6-9(8)18-10/h4-13,16H,14H2,1-3H3,(H2,27,28);2-15H,16H2,1H3,(H2,24,25);5-9,11,17H,3-4H2,1-2H3,(H2,23,24);7-9,12-13H,3-6,10-11H2,1-2H3,(H2,20,21);3-6,8-10H,7H2,1-2H3,(H2,17,20);3-7H,1-2H3,(H2,14,15)/t24-,25+;;17-,20+;19-;16-;/m0.000./s1. The Morgan fingerprint density at radius 3 is 1.65 bits per heavy atom. The molecule has 7 atom stereocenters. The lowest BCUT2D eigenvalue weighted by Crippen LogP contribution is -2.60. The molecule has 5 aromatic heterocycles. The molecule has 11 heterocycles. The molecule has 6 amide bonds. The van der Waals surface area contributed by atoms with Crippen LogP contribution in [-0.4, -0.2) is 156 Å². The zero-order valence-corrected chi connectivity index (χ0v) is 88.1. The van der Waals surface area contributed by atoms with E-state index in [9.17, 15) is 38.4 Å². The van der Waals surface area contributed by atoms with Gasteiger partial charge < -0.3 is 34.4 Å². The molecule has 34 heteroatoms. The second-order valence-corrected chi connectivity index (χ2v) is 43.2. The van der Waals surface area contributed by atoms with Gasteiger partial charge in [0.15, 0.2) is 46.8 Å². The number of thiophene rings is 3. The van der Waals surface area contributed by atoms with Crippen LogP contribution in [0.4, 0.5) is 4.39 Å². The number of aliphatic imine (C=N–C) groups is 6. The van der Waals surface area contributed by atoms with Gasteiger partial charge in [0.1, 0.15) is 29.3 Å². The minimum atomic E-state index is -1.14. The monoisotopic (exact) mass is 2060 g/mol. The maximum absolute atomic E-state index is 13.7. The number of rotatable bonds is 17. The van der Waals surface area contributed by atoms with E-state index in [1.165, 1.54) is 73.9 Å². The lowest BCUT2D eigenvalue weighted by Gasteiger charge is -2.47. The van der Waals surface area contributed by atoms with E-state index in [-0.39, 0.29) is 82.7 Å². The van der Waals surface area contributed by atoms with Crippen LogP contribution in [0.25, 0.3) is 53.7 Å². The van der Waals surface area contributed by atoms with Crippen LogP contribution in [0.15, 0.2) is 309 Å². The lowest BCUT2D eigenvalue weighted by atomic mass is 9.65. The molecular weight excluding hydrogens is 1940 g/mol. The number of likely N-dealkylation sites (N-methyl/N-ethyl adjacent to an activating group) is 1. The predicted octanol–water partition coefficient (Wildman–Crippen LogP) is 17.6. The Bertz CT molecular complexity index is 7740. The number of nitrogens with zero attached hydrogens (tertiary/aromatic N) is 18. The second kappa shape index (κ2) is 42.7. The molecule has 22 rings (SSSR count). The fourth-order valence-corrected chi connectivity index (χ4v) is 23.8. The largest absolute Gasteiger partial charge is 0.369 e. The number of aryl methyl sites for hydroxylation is 1. The molecule has 2 saturated carbocycles. The van der Waals surface area contributed by atoms with Gasteiger partial charge in [0, 0.05) is 95.5 Å². The average molecular weight is 2060 g/mol. The summed E-state index contributed by atoms with van der Waals surface area (Å²) in [6.45, 7) is 15.1. The highest BCUT2D eigenvalue weighted by Crippen LogP contribution is 2.55. The van der Waals surface area contributed by atoms with Crippen LogP contribution >= 0.6 is 34.0 Å². The third kappa shape index (κ3) is 21.0. The summed E-state index contributed by atoms with van der Waals surface area (Å²) in [5.41, 5.74) is 43.4. The zero-order valence-electron chi connectivity index (χ0n) is 85.6. The predicted molar refractivity (Wildman–Crippen MR) is 589 cm³/mol. The first-order valence-electron chi connectivity index (χ1n) is 49.4. The molecule has 0 bridgehead atoms. The number of halogens is 1. The maximum Gasteiger partial charge on any atom is 0.266 e. The summed E-state index contributed by atoms with van der Waals surface area (Å²) in [5, 5.41) is 27.4. The molecule has 2 aliphatic carbocycles. The molecular formula is C116H119FN24O6S3. The zero-order chi connectivity index (χ0) is 107. The molecule has 1 unspecified atom stereocenters. The van der Waals surface area contributed by atoms with E-state index in [0.717, 1.165) is 133 Å². The Hall–Kier alpha value is -16.6. The number of amides is 6.